The molecule has 1 aromatic rings. The molecule has 0 aliphatic carbocycles. The van der Waals surface area contributed by atoms with Crippen LogP contribution >= 0.6 is 15.9 Å². The monoisotopic (exact) mass is 327 g/mol. The zero-order valence-corrected chi connectivity index (χ0v) is 12.0. The van der Waals surface area contributed by atoms with Crippen LogP contribution in [0.2, 0.25) is 0 Å². The van der Waals surface area contributed by atoms with E-state index >= 15 is 0 Å². The van der Waals surface area contributed by atoms with E-state index in [0.29, 0.717) is 18.7 Å². The second-order valence-corrected chi connectivity index (χ2v) is 5.30. The van der Waals surface area contributed by atoms with E-state index in [1.165, 1.54) is 12.1 Å². The Morgan fingerprint density at radius 2 is 2.32 bits per heavy atom. The fourth-order valence-electron chi connectivity index (χ4n) is 2.11. The Labute approximate surface area is 119 Å². The summed E-state index contributed by atoms with van der Waals surface area (Å²) < 4.78 is 0.246. The molecule has 0 spiro atoms. The van der Waals surface area contributed by atoms with E-state index in [1.807, 2.05) is 6.92 Å². The van der Waals surface area contributed by atoms with Crippen LogP contribution in [0, 0.1) is 10.1 Å². The van der Waals surface area contributed by atoms with E-state index in [2.05, 4.69) is 21.2 Å². The zero-order valence-electron chi connectivity index (χ0n) is 10.4. The SMILES string of the molecule is C[C@@H]1CN(C(=O)c2cccc([N+](=O)[O-])c2Br)CCN1. The minimum atomic E-state index is -0.499. The summed E-state index contributed by atoms with van der Waals surface area (Å²) in [7, 11) is 0. The number of amides is 1. The summed E-state index contributed by atoms with van der Waals surface area (Å²) in [5, 5.41) is 14.1. The number of nitrogens with zero attached hydrogens (tertiary/aromatic N) is 2. The highest BCUT2D eigenvalue weighted by Crippen LogP contribution is 2.29. The first kappa shape index (κ1) is 14.0. The molecule has 2 rings (SSSR count). The Hall–Kier alpha value is -1.47. The number of benzene rings is 1. The van der Waals surface area contributed by atoms with E-state index in [-0.39, 0.29) is 22.1 Å². The van der Waals surface area contributed by atoms with E-state index in [9.17, 15) is 14.9 Å². The Kier molecular flexibility index (Phi) is 4.16. The van der Waals surface area contributed by atoms with Crippen molar-refractivity contribution in [1.29, 1.82) is 0 Å². The van der Waals surface area contributed by atoms with Crippen LogP contribution in [0.1, 0.15) is 17.3 Å². The topological polar surface area (TPSA) is 75.5 Å². The van der Waals surface area contributed by atoms with Crippen LogP contribution in [-0.4, -0.2) is 41.4 Å². The van der Waals surface area contributed by atoms with Gasteiger partial charge in [0.15, 0.2) is 0 Å². The summed E-state index contributed by atoms with van der Waals surface area (Å²) in [4.78, 5) is 24.5. The fourth-order valence-corrected chi connectivity index (χ4v) is 2.69. The first-order valence-electron chi connectivity index (χ1n) is 5.96. The van der Waals surface area contributed by atoms with E-state index < -0.39 is 4.92 Å². The van der Waals surface area contributed by atoms with Gasteiger partial charge in [-0.25, -0.2) is 0 Å². The first-order chi connectivity index (χ1) is 9.00. The van der Waals surface area contributed by atoms with Gasteiger partial charge in [-0.3, -0.25) is 14.9 Å². The number of piperazine rings is 1. The highest BCUT2D eigenvalue weighted by molar-refractivity contribution is 9.10. The molecule has 7 heteroatoms. The molecule has 1 amide bonds. The molecular weight excluding hydrogens is 314 g/mol. The molecule has 0 radical (unpaired) electrons. The zero-order chi connectivity index (χ0) is 14.0. The molecule has 0 saturated carbocycles. The number of nitrogens with one attached hydrogen (secondary N) is 1. The van der Waals surface area contributed by atoms with Crippen molar-refractivity contribution in [2.24, 2.45) is 0 Å². The Morgan fingerprint density at radius 3 is 2.95 bits per heavy atom. The lowest BCUT2D eigenvalue weighted by molar-refractivity contribution is -0.385. The summed E-state index contributed by atoms with van der Waals surface area (Å²) in [6, 6.07) is 4.74. The van der Waals surface area contributed by atoms with E-state index in [4.69, 9.17) is 0 Å². The molecule has 0 aromatic heterocycles. The van der Waals surface area contributed by atoms with Crippen molar-refractivity contribution in [3.05, 3.63) is 38.3 Å². The Balaban J connectivity index is 2.28. The number of rotatable bonds is 2. The number of nitro benzene ring substituents is 1. The number of hydrogen-bond donors (Lipinski definition) is 1. The maximum Gasteiger partial charge on any atom is 0.284 e. The third kappa shape index (κ3) is 2.93. The number of carbonyl (C=O) groups is 1. The van der Waals surface area contributed by atoms with Crippen LogP contribution in [0.5, 0.6) is 0 Å². The maximum atomic E-state index is 12.4. The lowest BCUT2D eigenvalue weighted by atomic mass is 10.1. The van der Waals surface area contributed by atoms with Gasteiger partial charge in [0, 0.05) is 31.7 Å². The van der Waals surface area contributed by atoms with E-state index in [0.717, 1.165) is 6.54 Å². The van der Waals surface area contributed by atoms with Gasteiger partial charge in [0.2, 0.25) is 0 Å². The molecule has 1 saturated heterocycles. The van der Waals surface area contributed by atoms with Crippen molar-refractivity contribution in [1.82, 2.24) is 10.2 Å². The molecule has 1 atom stereocenters. The van der Waals surface area contributed by atoms with Crippen LogP contribution in [0.4, 0.5) is 5.69 Å². The highest BCUT2D eigenvalue weighted by Gasteiger charge is 2.26. The molecule has 0 unspecified atom stereocenters. The highest BCUT2D eigenvalue weighted by atomic mass is 79.9. The third-order valence-electron chi connectivity index (χ3n) is 3.06. The van der Waals surface area contributed by atoms with Gasteiger partial charge in [-0.2, -0.15) is 0 Å². The molecule has 1 aliphatic heterocycles. The number of carbonyl (C=O) groups excluding carboxylic acids is 1. The second kappa shape index (κ2) is 5.66. The van der Waals surface area contributed by atoms with Gasteiger partial charge in [0.05, 0.1) is 10.5 Å². The summed E-state index contributed by atoms with van der Waals surface area (Å²) in [5.41, 5.74) is 0.248. The maximum absolute atomic E-state index is 12.4. The molecule has 6 nitrogen and oxygen atoms in total. The van der Waals surface area contributed by atoms with Crippen molar-refractivity contribution in [2.45, 2.75) is 13.0 Å². The van der Waals surface area contributed by atoms with Gasteiger partial charge in [0.25, 0.3) is 11.6 Å². The van der Waals surface area contributed by atoms with E-state index in [1.54, 1.807) is 11.0 Å². The van der Waals surface area contributed by atoms with Crippen molar-refractivity contribution in [2.75, 3.05) is 19.6 Å². The molecule has 1 aliphatic rings. The molecule has 1 fully saturated rings. The summed E-state index contributed by atoms with van der Waals surface area (Å²) in [5.74, 6) is -0.177. The fraction of sp³-hybridized carbons (Fsp3) is 0.417. The summed E-state index contributed by atoms with van der Waals surface area (Å²) in [6.07, 6.45) is 0. The minimum Gasteiger partial charge on any atom is -0.336 e. The molecule has 1 N–H and O–H groups in total. The molecule has 102 valence electrons. The van der Waals surface area contributed by atoms with Gasteiger partial charge >= 0.3 is 0 Å². The first-order valence-corrected chi connectivity index (χ1v) is 6.75. The van der Waals surface area contributed by atoms with Crippen molar-refractivity contribution < 1.29 is 9.72 Å². The standard InChI is InChI=1S/C12H14BrN3O3/c1-8-7-15(6-5-14-8)12(17)9-3-2-4-10(11(9)13)16(18)19/h2-4,8,14H,5-7H2,1H3/t8-/m1/s1. The normalized spacial score (nSPS) is 19.3. The smallest absolute Gasteiger partial charge is 0.284 e. The number of halogens is 1. The largest absolute Gasteiger partial charge is 0.336 e. The number of hydrogen-bond acceptors (Lipinski definition) is 4. The molecule has 1 heterocycles. The third-order valence-corrected chi connectivity index (χ3v) is 3.89. The second-order valence-electron chi connectivity index (χ2n) is 4.50. The average Bonchev–Trinajstić information content (AvgIpc) is 2.38. The quantitative estimate of drug-likeness (QED) is 0.663. The van der Waals surface area contributed by atoms with Crippen molar-refractivity contribution >= 4 is 27.5 Å². The summed E-state index contributed by atoms with van der Waals surface area (Å²) in [6.45, 7) is 3.95. The van der Waals surface area contributed by atoms with Gasteiger partial charge in [0.1, 0.15) is 4.47 Å². The predicted octanol–water partition coefficient (Wildman–Crippen LogP) is 1.79. The van der Waals surface area contributed by atoms with Crippen LogP contribution in [0.15, 0.2) is 22.7 Å². The van der Waals surface area contributed by atoms with Crippen LogP contribution < -0.4 is 5.32 Å². The molecule has 1 aromatic carbocycles. The minimum absolute atomic E-state index is 0.0889. The summed E-state index contributed by atoms with van der Waals surface area (Å²) >= 11 is 3.16. The Bertz CT molecular complexity index is 521. The lowest BCUT2D eigenvalue weighted by Gasteiger charge is -2.32. The van der Waals surface area contributed by atoms with Crippen LogP contribution in [0.3, 0.4) is 0 Å². The average molecular weight is 328 g/mol. The molecule has 0 bridgehead atoms. The van der Waals surface area contributed by atoms with Gasteiger partial charge in [-0.15, -0.1) is 0 Å². The van der Waals surface area contributed by atoms with Crippen LogP contribution in [-0.2, 0) is 0 Å². The predicted molar refractivity (Wildman–Crippen MR) is 74.2 cm³/mol. The lowest BCUT2D eigenvalue weighted by Crippen LogP contribution is -2.51. The van der Waals surface area contributed by atoms with Crippen molar-refractivity contribution in [3.8, 4) is 0 Å². The van der Waals surface area contributed by atoms with Gasteiger partial charge in [-0.05, 0) is 28.9 Å². The van der Waals surface area contributed by atoms with Gasteiger partial charge < -0.3 is 10.2 Å². The molecular formula is C12H14BrN3O3. The number of nitro groups is 1. The van der Waals surface area contributed by atoms with Gasteiger partial charge in [-0.1, -0.05) is 6.07 Å². The van der Waals surface area contributed by atoms with Crippen molar-refractivity contribution in [3.63, 3.8) is 0 Å². The van der Waals surface area contributed by atoms with Crippen LogP contribution in [0.25, 0.3) is 0 Å². The Morgan fingerprint density at radius 1 is 1.58 bits per heavy atom. The molecule has 19 heavy (non-hydrogen) atoms.